The van der Waals surface area contributed by atoms with Crippen LogP contribution < -0.4 is 5.32 Å². The second-order valence-corrected chi connectivity index (χ2v) is 6.93. The van der Waals surface area contributed by atoms with Crippen LogP contribution in [-0.4, -0.2) is 31.6 Å². The fraction of sp³-hybridized carbons (Fsp3) is 0.667. The van der Waals surface area contributed by atoms with E-state index in [0.717, 1.165) is 18.4 Å². The Morgan fingerprint density at radius 3 is 2.62 bits per heavy atom. The van der Waals surface area contributed by atoms with Gasteiger partial charge in [0.25, 0.3) is 0 Å². The van der Waals surface area contributed by atoms with Crippen LogP contribution in [0.5, 0.6) is 0 Å². The molecule has 1 saturated carbocycles. The van der Waals surface area contributed by atoms with Gasteiger partial charge in [0.1, 0.15) is 5.82 Å². The number of aryl methyl sites for hydroxylation is 1. The second kappa shape index (κ2) is 6.45. The van der Waals surface area contributed by atoms with E-state index < -0.39 is 0 Å². The van der Waals surface area contributed by atoms with E-state index in [4.69, 9.17) is 0 Å². The fourth-order valence-corrected chi connectivity index (χ4v) is 4.03. The molecule has 1 aromatic carbocycles. The molecule has 1 aliphatic carbocycles. The Kier molecular flexibility index (Phi) is 5.05. The van der Waals surface area contributed by atoms with E-state index in [1.807, 2.05) is 20.0 Å². The lowest BCUT2D eigenvalue weighted by Crippen LogP contribution is -2.55. The first-order chi connectivity index (χ1) is 9.90. The molecule has 0 radical (unpaired) electrons. The van der Waals surface area contributed by atoms with Crippen molar-refractivity contribution in [1.29, 1.82) is 0 Å². The van der Waals surface area contributed by atoms with E-state index in [0.29, 0.717) is 11.5 Å². The average molecular weight is 292 g/mol. The third kappa shape index (κ3) is 3.14. The number of likely N-dealkylation sites (N-methyl/N-ethyl adjacent to an activating group) is 2. The Balaban J connectivity index is 2.42. The Labute approximate surface area is 128 Å². The van der Waals surface area contributed by atoms with Crippen LogP contribution in [0, 0.1) is 18.7 Å². The second-order valence-electron chi connectivity index (χ2n) is 6.93. The molecule has 3 atom stereocenters. The lowest BCUT2D eigenvalue weighted by Gasteiger charge is -2.50. The molecular weight excluding hydrogens is 263 g/mol. The fourth-order valence-electron chi connectivity index (χ4n) is 4.03. The topological polar surface area (TPSA) is 15.3 Å². The number of nitrogens with zero attached hydrogens (tertiary/aromatic N) is 1. The van der Waals surface area contributed by atoms with Crippen molar-refractivity contribution in [2.75, 3.05) is 21.1 Å². The van der Waals surface area contributed by atoms with Crippen LogP contribution >= 0.6 is 0 Å². The highest BCUT2D eigenvalue weighted by molar-refractivity contribution is 5.29. The highest BCUT2D eigenvalue weighted by Gasteiger charge is 2.43. The molecule has 1 fully saturated rings. The molecule has 3 heteroatoms. The molecule has 0 aromatic heterocycles. The van der Waals surface area contributed by atoms with E-state index in [2.05, 4.69) is 37.3 Å². The van der Waals surface area contributed by atoms with Crippen LogP contribution in [0.3, 0.4) is 0 Å². The number of nitrogens with one attached hydrogen (secondary N) is 1. The summed E-state index contributed by atoms with van der Waals surface area (Å²) in [6.45, 7) is 4.15. The largest absolute Gasteiger partial charge is 0.311 e. The van der Waals surface area contributed by atoms with Crippen LogP contribution in [0.25, 0.3) is 0 Å². The zero-order chi connectivity index (χ0) is 15.6. The number of halogens is 1. The summed E-state index contributed by atoms with van der Waals surface area (Å²) in [4.78, 5) is 2.35. The van der Waals surface area contributed by atoms with Gasteiger partial charge in [-0.25, -0.2) is 4.39 Å². The van der Waals surface area contributed by atoms with Crippen molar-refractivity contribution in [3.63, 3.8) is 0 Å². The van der Waals surface area contributed by atoms with Crippen molar-refractivity contribution in [1.82, 2.24) is 10.2 Å². The summed E-state index contributed by atoms with van der Waals surface area (Å²) in [5.41, 5.74) is 1.83. The van der Waals surface area contributed by atoms with E-state index in [1.165, 1.54) is 12.8 Å². The lowest BCUT2D eigenvalue weighted by molar-refractivity contribution is 0.0392. The maximum Gasteiger partial charge on any atom is 0.126 e. The van der Waals surface area contributed by atoms with E-state index >= 15 is 0 Å². The van der Waals surface area contributed by atoms with Gasteiger partial charge in [0.15, 0.2) is 0 Å². The molecule has 0 spiro atoms. The summed E-state index contributed by atoms with van der Waals surface area (Å²) in [6.07, 6.45) is 4.85. The number of hydrogen-bond acceptors (Lipinski definition) is 2. The summed E-state index contributed by atoms with van der Waals surface area (Å²) in [6, 6.07) is 5.83. The quantitative estimate of drug-likeness (QED) is 0.905. The molecule has 2 nitrogen and oxygen atoms in total. The maximum absolute atomic E-state index is 14.0. The van der Waals surface area contributed by atoms with Crippen molar-refractivity contribution in [2.24, 2.45) is 5.92 Å². The normalized spacial score (nSPS) is 27.9. The minimum atomic E-state index is -0.106. The third-order valence-corrected chi connectivity index (χ3v) is 5.25. The van der Waals surface area contributed by atoms with E-state index in [1.54, 1.807) is 6.07 Å². The Morgan fingerprint density at radius 1 is 1.38 bits per heavy atom. The van der Waals surface area contributed by atoms with Crippen LogP contribution in [-0.2, 0) is 0 Å². The van der Waals surface area contributed by atoms with Crippen LogP contribution in [0.1, 0.15) is 49.8 Å². The summed E-state index contributed by atoms with van der Waals surface area (Å²) in [5, 5.41) is 3.47. The van der Waals surface area contributed by atoms with Gasteiger partial charge in [-0.15, -0.1) is 0 Å². The molecular formula is C18H29FN2. The predicted octanol–water partition coefficient (Wildman–Crippen LogP) is 3.91. The molecule has 0 saturated heterocycles. The van der Waals surface area contributed by atoms with Gasteiger partial charge in [0.05, 0.1) is 6.04 Å². The van der Waals surface area contributed by atoms with Crippen molar-refractivity contribution in [3.8, 4) is 0 Å². The minimum Gasteiger partial charge on any atom is -0.311 e. The molecule has 1 aromatic rings. The molecule has 1 N–H and O–H groups in total. The number of benzene rings is 1. The van der Waals surface area contributed by atoms with Crippen LogP contribution in [0.4, 0.5) is 4.39 Å². The highest BCUT2D eigenvalue weighted by atomic mass is 19.1. The number of hydrogen-bond donors (Lipinski definition) is 1. The van der Waals surface area contributed by atoms with Gasteiger partial charge in [-0.3, -0.25) is 0 Å². The molecule has 0 heterocycles. The summed E-state index contributed by atoms with van der Waals surface area (Å²) < 4.78 is 14.0. The zero-order valence-corrected chi connectivity index (χ0v) is 14.0. The Morgan fingerprint density at radius 2 is 2.10 bits per heavy atom. The van der Waals surface area contributed by atoms with Gasteiger partial charge >= 0.3 is 0 Å². The molecule has 2 rings (SSSR count). The molecule has 21 heavy (non-hydrogen) atoms. The summed E-state index contributed by atoms with van der Waals surface area (Å²) in [7, 11) is 6.31. The standard InChI is InChI=1S/C18H29FN2/c1-13-7-6-10-18(12-13,21(4)5)17(20-3)15-9-8-14(2)16(19)11-15/h8-9,11,13,17,20H,6-7,10,12H2,1-5H3. The van der Waals surface area contributed by atoms with Gasteiger partial charge in [-0.05, 0) is 64.0 Å². The molecule has 118 valence electrons. The van der Waals surface area contributed by atoms with Crippen LogP contribution in [0.2, 0.25) is 0 Å². The first-order valence-electron chi connectivity index (χ1n) is 8.01. The number of rotatable bonds is 4. The average Bonchev–Trinajstić information content (AvgIpc) is 2.43. The maximum atomic E-state index is 14.0. The SMILES string of the molecule is CNC(c1ccc(C)c(F)c1)C1(N(C)C)CCCC(C)C1. The smallest absolute Gasteiger partial charge is 0.126 e. The van der Waals surface area contributed by atoms with Crippen molar-refractivity contribution < 1.29 is 4.39 Å². The monoisotopic (exact) mass is 292 g/mol. The predicted molar refractivity (Wildman–Crippen MR) is 87.0 cm³/mol. The first kappa shape index (κ1) is 16.4. The van der Waals surface area contributed by atoms with Crippen molar-refractivity contribution in [3.05, 3.63) is 35.1 Å². The Hall–Kier alpha value is -0.930. The minimum absolute atomic E-state index is 0.0636. The van der Waals surface area contributed by atoms with E-state index in [-0.39, 0.29) is 17.4 Å². The Bertz CT molecular complexity index is 486. The highest BCUT2D eigenvalue weighted by Crippen LogP contribution is 2.44. The summed E-state index contributed by atoms with van der Waals surface area (Å²) >= 11 is 0. The van der Waals surface area contributed by atoms with Gasteiger partial charge in [-0.1, -0.05) is 31.9 Å². The first-order valence-corrected chi connectivity index (χ1v) is 8.01. The van der Waals surface area contributed by atoms with Gasteiger partial charge in [-0.2, -0.15) is 0 Å². The third-order valence-electron chi connectivity index (χ3n) is 5.25. The molecule has 1 aliphatic rings. The molecule has 3 unspecified atom stereocenters. The molecule has 0 bridgehead atoms. The van der Waals surface area contributed by atoms with E-state index in [9.17, 15) is 4.39 Å². The molecule has 0 amide bonds. The van der Waals surface area contributed by atoms with Gasteiger partial charge in [0.2, 0.25) is 0 Å². The van der Waals surface area contributed by atoms with Gasteiger partial charge < -0.3 is 10.2 Å². The van der Waals surface area contributed by atoms with Gasteiger partial charge in [0, 0.05) is 5.54 Å². The summed E-state index contributed by atoms with van der Waals surface area (Å²) in [5.74, 6) is 0.609. The molecule has 0 aliphatic heterocycles. The van der Waals surface area contributed by atoms with Crippen molar-refractivity contribution in [2.45, 2.75) is 51.1 Å². The van der Waals surface area contributed by atoms with Crippen LogP contribution in [0.15, 0.2) is 18.2 Å². The van der Waals surface area contributed by atoms with Crippen molar-refractivity contribution >= 4 is 0 Å². The zero-order valence-electron chi connectivity index (χ0n) is 14.0. The lowest BCUT2D eigenvalue weighted by atomic mass is 9.69.